The molecule has 1 atom stereocenters. The lowest BCUT2D eigenvalue weighted by atomic mass is 9.95. The van der Waals surface area contributed by atoms with E-state index >= 15 is 0 Å². The fraction of sp³-hybridized carbons (Fsp3) is 0.0833. The maximum atomic E-state index is 13.2. The molecule has 0 spiro atoms. The highest BCUT2D eigenvalue weighted by Gasteiger charge is 2.47. The van der Waals surface area contributed by atoms with Gasteiger partial charge < -0.3 is 14.9 Å². The zero-order chi connectivity index (χ0) is 25.5. The highest BCUT2D eigenvalue weighted by atomic mass is 79.9. The van der Waals surface area contributed by atoms with Crippen LogP contribution in [0.5, 0.6) is 11.5 Å². The van der Waals surface area contributed by atoms with Crippen LogP contribution < -0.4 is 14.8 Å². The van der Waals surface area contributed by atoms with Crippen LogP contribution in [0.1, 0.15) is 17.2 Å². The lowest BCUT2D eigenvalue weighted by Gasteiger charge is -2.26. The van der Waals surface area contributed by atoms with Crippen LogP contribution in [0.25, 0.3) is 5.76 Å². The molecule has 35 heavy (non-hydrogen) atoms. The van der Waals surface area contributed by atoms with Crippen molar-refractivity contribution in [1.82, 2.24) is 0 Å². The number of Topliss-reactive ketones (excluding diaryl/α,β-unsaturated/α-hetero) is 1. The third-order valence-corrected chi connectivity index (χ3v) is 6.98. The molecule has 1 fully saturated rings. The van der Waals surface area contributed by atoms with Gasteiger partial charge in [-0.15, -0.1) is 0 Å². The number of hydrogen-bond donors (Lipinski definition) is 3. The zero-order valence-electron chi connectivity index (χ0n) is 18.2. The number of benzene rings is 3. The lowest BCUT2D eigenvalue weighted by molar-refractivity contribution is -0.132. The molecule has 1 heterocycles. The zero-order valence-corrected chi connectivity index (χ0v) is 20.6. The molecule has 1 aliphatic rings. The summed E-state index contributed by atoms with van der Waals surface area (Å²) in [6, 6.07) is 14.8. The smallest absolute Gasteiger partial charge is 0.300 e. The maximum absolute atomic E-state index is 13.2. The molecule has 11 heteroatoms. The van der Waals surface area contributed by atoms with Crippen molar-refractivity contribution in [3.05, 3.63) is 87.9 Å². The Kier molecular flexibility index (Phi) is 6.41. The van der Waals surface area contributed by atoms with Gasteiger partial charge in [0.1, 0.15) is 5.76 Å². The molecule has 4 rings (SSSR count). The summed E-state index contributed by atoms with van der Waals surface area (Å²) in [7, 11) is -2.63. The minimum absolute atomic E-state index is 0.0984. The Bertz CT molecular complexity index is 1470. The Balaban J connectivity index is 1.95. The number of ether oxygens (including phenoxy) is 1. The number of halogens is 1. The van der Waals surface area contributed by atoms with E-state index in [4.69, 9.17) is 9.88 Å². The predicted molar refractivity (Wildman–Crippen MR) is 131 cm³/mol. The van der Waals surface area contributed by atoms with Crippen molar-refractivity contribution < 1.29 is 33.0 Å². The topological polar surface area (TPSA) is 147 Å². The molecule has 4 N–H and O–H groups in total. The molecule has 0 aliphatic carbocycles. The van der Waals surface area contributed by atoms with E-state index in [2.05, 4.69) is 15.9 Å². The predicted octanol–water partition coefficient (Wildman–Crippen LogP) is 3.44. The van der Waals surface area contributed by atoms with E-state index in [1.54, 1.807) is 24.3 Å². The largest absolute Gasteiger partial charge is 0.507 e. The second-order valence-corrected chi connectivity index (χ2v) is 10.1. The summed E-state index contributed by atoms with van der Waals surface area (Å²) in [5.74, 6) is -2.31. The number of aromatic hydroxyl groups is 1. The number of aliphatic hydroxyl groups excluding tert-OH is 1. The SMILES string of the molecule is COc1cc([C@@H]2/C(=C(\O)c3ccc(Br)cc3)C(=O)C(=O)N2c2ccc(S(N)(=O)=O)cc2)ccc1O. The monoisotopic (exact) mass is 558 g/mol. The first kappa shape index (κ1) is 24.5. The molecule has 9 nitrogen and oxygen atoms in total. The minimum Gasteiger partial charge on any atom is -0.507 e. The lowest BCUT2D eigenvalue weighted by Crippen LogP contribution is -2.29. The number of aliphatic hydroxyl groups is 1. The van der Waals surface area contributed by atoms with Crippen molar-refractivity contribution >= 4 is 49.1 Å². The molecule has 1 aliphatic heterocycles. The number of anilines is 1. The number of carbonyl (C=O) groups excluding carboxylic acids is 2. The van der Waals surface area contributed by atoms with E-state index in [0.29, 0.717) is 11.1 Å². The summed E-state index contributed by atoms with van der Waals surface area (Å²) < 4.78 is 29.2. The number of phenolic OH excluding ortho intramolecular Hbond substituents is 1. The van der Waals surface area contributed by atoms with Crippen LogP contribution in [0.3, 0.4) is 0 Å². The Morgan fingerprint density at radius 1 is 1.03 bits per heavy atom. The number of primary sulfonamides is 1. The van der Waals surface area contributed by atoms with Crippen LogP contribution in [0, 0.1) is 0 Å². The summed E-state index contributed by atoms with van der Waals surface area (Å²) in [6.45, 7) is 0. The van der Waals surface area contributed by atoms with Gasteiger partial charge >= 0.3 is 0 Å². The van der Waals surface area contributed by atoms with Crippen molar-refractivity contribution in [2.24, 2.45) is 5.14 Å². The average molecular weight is 559 g/mol. The Morgan fingerprint density at radius 2 is 1.66 bits per heavy atom. The molecule has 0 unspecified atom stereocenters. The van der Waals surface area contributed by atoms with E-state index in [1.807, 2.05) is 0 Å². The van der Waals surface area contributed by atoms with Crippen molar-refractivity contribution in [2.45, 2.75) is 10.9 Å². The highest BCUT2D eigenvalue weighted by molar-refractivity contribution is 9.10. The summed E-state index contributed by atoms with van der Waals surface area (Å²) in [5, 5.41) is 26.3. The quantitative estimate of drug-likeness (QED) is 0.247. The van der Waals surface area contributed by atoms with Crippen LogP contribution in [-0.2, 0) is 19.6 Å². The Labute approximate surface area is 209 Å². The van der Waals surface area contributed by atoms with E-state index < -0.39 is 33.5 Å². The molecule has 1 amide bonds. The first-order chi connectivity index (χ1) is 16.5. The number of phenols is 1. The third-order valence-electron chi connectivity index (χ3n) is 5.53. The van der Waals surface area contributed by atoms with Crippen LogP contribution in [-0.4, -0.2) is 37.4 Å². The minimum atomic E-state index is -3.98. The number of methoxy groups -OCH3 is 1. The molecule has 0 saturated carbocycles. The number of rotatable bonds is 5. The number of nitrogens with two attached hydrogens (primary N) is 1. The summed E-state index contributed by atoms with van der Waals surface area (Å²) >= 11 is 3.31. The van der Waals surface area contributed by atoms with Gasteiger partial charge in [-0.25, -0.2) is 13.6 Å². The normalized spacial score (nSPS) is 17.6. The molecule has 180 valence electrons. The van der Waals surface area contributed by atoms with Gasteiger partial charge in [-0.05, 0) is 54.1 Å². The number of hydrogen-bond acceptors (Lipinski definition) is 7. The molecule has 3 aromatic carbocycles. The highest BCUT2D eigenvalue weighted by Crippen LogP contribution is 2.44. The van der Waals surface area contributed by atoms with Crippen LogP contribution in [0.2, 0.25) is 0 Å². The molecular formula is C24H19BrN2O7S. The number of carbonyl (C=O) groups is 2. The van der Waals surface area contributed by atoms with Gasteiger partial charge in [0.2, 0.25) is 10.0 Å². The standard InChI is InChI=1S/C24H19BrN2O7S/c1-34-19-12-14(4-11-18(19)28)21-20(22(29)13-2-5-15(25)6-3-13)23(30)24(31)27(21)16-7-9-17(10-8-16)35(26,32)33/h2-12,21,28-29H,1H3,(H2,26,32,33)/b22-20+/t21-/m1/s1. The van der Waals surface area contributed by atoms with Crippen LogP contribution in [0.15, 0.2) is 81.7 Å². The molecule has 0 bridgehead atoms. The first-order valence-corrected chi connectivity index (χ1v) is 12.4. The van der Waals surface area contributed by atoms with Crippen molar-refractivity contribution in [2.75, 3.05) is 12.0 Å². The van der Waals surface area contributed by atoms with Crippen molar-refractivity contribution in [3.63, 3.8) is 0 Å². The maximum Gasteiger partial charge on any atom is 0.300 e. The van der Waals surface area contributed by atoms with Gasteiger partial charge in [0.15, 0.2) is 11.5 Å². The summed E-state index contributed by atoms with van der Waals surface area (Å²) in [4.78, 5) is 27.4. The number of amides is 1. The van der Waals surface area contributed by atoms with E-state index in [0.717, 1.165) is 9.37 Å². The molecule has 3 aromatic rings. The Morgan fingerprint density at radius 3 is 2.23 bits per heavy atom. The number of nitrogens with zero attached hydrogens (tertiary/aromatic N) is 1. The van der Waals surface area contributed by atoms with E-state index in [-0.39, 0.29) is 27.7 Å². The van der Waals surface area contributed by atoms with Gasteiger partial charge in [-0.3, -0.25) is 14.5 Å². The van der Waals surface area contributed by atoms with Gasteiger partial charge in [-0.2, -0.15) is 0 Å². The second kappa shape index (κ2) is 9.17. The third kappa shape index (κ3) is 4.53. The average Bonchev–Trinajstić information content (AvgIpc) is 3.09. The summed E-state index contributed by atoms with van der Waals surface area (Å²) in [5.41, 5.74) is 0.700. The van der Waals surface area contributed by atoms with Gasteiger partial charge in [-0.1, -0.05) is 34.1 Å². The van der Waals surface area contributed by atoms with Crippen LogP contribution in [0.4, 0.5) is 5.69 Å². The van der Waals surface area contributed by atoms with Crippen LogP contribution >= 0.6 is 15.9 Å². The first-order valence-electron chi connectivity index (χ1n) is 10.1. The fourth-order valence-electron chi connectivity index (χ4n) is 3.84. The summed E-state index contributed by atoms with van der Waals surface area (Å²) in [6.07, 6.45) is 0. The molecule has 0 aromatic heterocycles. The van der Waals surface area contributed by atoms with Gasteiger partial charge in [0.05, 0.1) is 23.6 Å². The molecule has 1 saturated heterocycles. The Hall–Kier alpha value is -3.67. The fourth-order valence-corrected chi connectivity index (χ4v) is 4.62. The second-order valence-electron chi connectivity index (χ2n) is 7.65. The van der Waals surface area contributed by atoms with Gasteiger partial charge in [0.25, 0.3) is 11.7 Å². The molecule has 0 radical (unpaired) electrons. The van der Waals surface area contributed by atoms with E-state index in [9.17, 15) is 28.2 Å². The van der Waals surface area contributed by atoms with Gasteiger partial charge in [0, 0.05) is 15.7 Å². The van der Waals surface area contributed by atoms with Crippen molar-refractivity contribution in [3.8, 4) is 11.5 Å². The number of ketones is 1. The van der Waals surface area contributed by atoms with Crippen molar-refractivity contribution in [1.29, 1.82) is 0 Å². The van der Waals surface area contributed by atoms with E-state index in [1.165, 1.54) is 49.6 Å². The number of sulfonamides is 1. The molecular weight excluding hydrogens is 540 g/mol.